The number of rotatable bonds is 6. The highest BCUT2D eigenvalue weighted by Gasteiger charge is 2.23. The minimum atomic E-state index is 0.147. The van der Waals surface area contributed by atoms with Crippen LogP contribution in [0.4, 0.5) is 0 Å². The third-order valence-corrected chi connectivity index (χ3v) is 5.93. The third-order valence-electron chi connectivity index (χ3n) is 4.88. The van der Waals surface area contributed by atoms with Gasteiger partial charge in [-0.15, -0.1) is 11.8 Å². The number of phenolic OH excluding ortho intramolecular Hbond substituents is 1. The van der Waals surface area contributed by atoms with Crippen molar-refractivity contribution in [1.82, 2.24) is 4.90 Å². The zero-order chi connectivity index (χ0) is 18.4. The van der Waals surface area contributed by atoms with Gasteiger partial charge in [-0.1, -0.05) is 30.3 Å². The molecule has 1 N–H and O–H groups in total. The van der Waals surface area contributed by atoms with E-state index in [-0.39, 0.29) is 11.7 Å². The Balaban J connectivity index is 1.47. The van der Waals surface area contributed by atoms with Crippen LogP contribution in [0.2, 0.25) is 0 Å². The van der Waals surface area contributed by atoms with Crippen LogP contribution in [0.1, 0.15) is 18.4 Å². The van der Waals surface area contributed by atoms with E-state index in [2.05, 4.69) is 6.07 Å². The Morgan fingerprint density at radius 2 is 1.85 bits per heavy atom. The van der Waals surface area contributed by atoms with E-state index in [9.17, 15) is 9.90 Å². The van der Waals surface area contributed by atoms with Crippen molar-refractivity contribution < 1.29 is 14.6 Å². The number of aromatic hydroxyl groups is 1. The van der Waals surface area contributed by atoms with Crippen molar-refractivity contribution in [2.24, 2.45) is 5.92 Å². The Labute approximate surface area is 159 Å². The first kappa shape index (κ1) is 18.6. The van der Waals surface area contributed by atoms with Gasteiger partial charge in [-0.25, -0.2) is 0 Å². The number of carbonyl (C=O) groups excluding carboxylic acids is 1. The predicted molar refractivity (Wildman–Crippen MR) is 105 cm³/mol. The highest BCUT2D eigenvalue weighted by Crippen LogP contribution is 2.29. The normalized spacial score (nSPS) is 15.0. The lowest BCUT2D eigenvalue weighted by molar-refractivity contribution is -0.129. The van der Waals surface area contributed by atoms with Gasteiger partial charge >= 0.3 is 0 Å². The monoisotopic (exact) mass is 371 g/mol. The van der Waals surface area contributed by atoms with Crippen LogP contribution < -0.4 is 4.74 Å². The van der Waals surface area contributed by atoms with E-state index < -0.39 is 0 Å². The van der Waals surface area contributed by atoms with Crippen LogP contribution in [0.25, 0.3) is 0 Å². The minimum absolute atomic E-state index is 0.147. The third kappa shape index (κ3) is 4.73. The number of hydrogen-bond acceptors (Lipinski definition) is 4. The zero-order valence-corrected chi connectivity index (χ0v) is 15.9. The molecule has 0 radical (unpaired) electrons. The highest BCUT2D eigenvalue weighted by molar-refractivity contribution is 8.00. The van der Waals surface area contributed by atoms with Crippen molar-refractivity contribution in [1.29, 1.82) is 0 Å². The molecular weight excluding hydrogens is 346 g/mol. The molecule has 1 fully saturated rings. The van der Waals surface area contributed by atoms with Crippen LogP contribution in [0.15, 0.2) is 53.4 Å². The lowest BCUT2D eigenvalue weighted by Gasteiger charge is -2.32. The molecule has 1 aliphatic rings. The number of likely N-dealkylation sites (tertiary alicyclic amines) is 1. The van der Waals surface area contributed by atoms with Gasteiger partial charge in [0.1, 0.15) is 11.5 Å². The number of benzene rings is 2. The number of ether oxygens (including phenoxy) is 1. The number of phenols is 1. The molecule has 1 heterocycles. The first-order chi connectivity index (χ1) is 12.7. The average Bonchev–Trinajstić information content (AvgIpc) is 2.68. The van der Waals surface area contributed by atoms with Crippen LogP contribution in [-0.2, 0) is 11.2 Å². The molecule has 0 unspecified atom stereocenters. The molecule has 2 aromatic carbocycles. The predicted octanol–water partition coefficient (Wildman–Crippen LogP) is 3.97. The molecular formula is C21H25NO3S. The summed E-state index contributed by atoms with van der Waals surface area (Å²) in [6.07, 6.45) is 3.04. The smallest absolute Gasteiger partial charge is 0.232 e. The molecule has 4 nitrogen and oxygen atoms in total. The first-order valence-electron chi connectivity index (χ1n) is 8.98. The topological polar surface area (TPSA) is 49.8 Å². The standard InChI is InChI=1S/C21H25NO3S/c1-25-19-8-4-2-6-17(19)14-16-10-12-22(13-11-16)21(24)15-26-20-9-5-3-7-18(20)23/h2-9,16,23H,10-15H2,1H3. The summed E-state index contributed by atoms with van der Waals surface area (Å²) in [6, 6.07) is 15.3. The molecule has 0 atom stereocenters. The summed E-state index contributed by atoms with van der Waals surface area (Å²) < 4.78 is 5.44. The lowest BCUT2D eigenvalue weighted by atomic mass is 9.90. The maximum absolute atomic E-state index is 12.5. The van der Waals surface area contributed by atoms with Crippen LogP contribution >= 0.6 is 11.8 Å². The van der Waals surface area contributed by atoms with Crippen molar-refractivity contribution in [3.05, 3.63) is 54.1 Å². The van der Waals surface area contributed by atoms with Crippen LogP contribution in [0.5, 0.6) is 11.5 Å². The number of piperidine rings is 1. The Morgan fingerprint density at radius 1 is 1.15 bits per heavy atom. The molecule has 1 amide bonds. The van der Waals surface area contributed by atoms with E-state index in [0.29, 0.717) is 11.7 Å². The van der Waals surface area contributed by atoms with Gasteiger partial charge in [0, 0.05) is 18.0 Å². The quantitative estimate of drug-likeness (QED) is 0.781. The lowest BCUT2D eigenvalue weighted by Crippen LogP contribution is -2.39. The van der Waals surface area contributed by atoms with Gasteiger partial charge in [0.15, 0.2) is 0 Å². The van der Waals surface area contributed by atoms with Gasteiger partial charge in [0.25, 0.3) is 0 Å². The van der Waals surface area contributed by atoms with Gasteiger partial charge in [0.05, 0.1) is 12.9 Å². The van der Waals surface area contributed by atoms with E-state index in [1.54, 1.807) is 19.2 Å². The average molecular weight is 372 g/mol. The molecule has 0 bridgehead atoms. The molecule has 0 aliphatic carbocycles. The number of para-hydroxylation sites is 2. The maximum atomic E-state index is 12.5. The SMILES string of the molecule is COc1ccccc1CC1CCN(C(=O)CSc2ccccc2O)CC1. The summed E-state index contributed by atoms with van der Waals surface area (Å²) in [6.45, 7) is 1.61. The zero-order valence-electron chi connectivity index (χ0n) is 15.1. The van der Waals surface area contributed by atoms with E-state index in [1.165, 1.54) is 17.3 Å². The fourth-order valence-electron chi connectivity index (χ4n) is 3.38. The fourth-order valence-corrected chi connectivity index (χ4v) is 4.23. The Kier molecular flexibility index (Phi) is 6.45. The second-order valence-corrected chi connectivity index (χ2v) is 7.61. The van der Waals surface area contributed by atoms with Gasteiger partial charge in [-0.3, -0.25) is 4.79 Å². The van der Waals surface area contributed by atoms with Gasteiger partial charge in [-0.2, -0.15) is 0 Å². The number of hydrogen-bond donors (Lipinski definition) is 1. The highest BCUT2D eigenvalue weighted by atomic mass is 32.2. The maximum Gasteiger partial charge on any atom is 0.232 e. The number of thioether (sulfide) groups is 1. The summed E-state index contributed by atoms with van der Waals surface area (Å²) >= 11 is 1.40. The van der Waals surface area contributed by atoms with Crippen LogP contribution in [-0.4, -0.2) is 41.9 Å². The van der Waals surface area contributed by atoms with E-state index in [0.717, 1.165) is 43.0 Å². The molecule has 138 valence electrons. The molecule has 3 rings (SSSR count). The van der Waals surface area contributed by atoms with Crippen LogP contribution in [0.3, 0.4) is 0 Å². The number of nitrogens with zero attached hydrogens (tertiary/aromatic N) is 1. The number of carbonyl (C=O) groups is 1. The fraction of sp³-hybridized carbons (Fsp3) is 0.381. The molecule has 0 saturated carbocycles. The van der Waals surface area contributed by atoms with Crippen LogP contribution in [0, 0.1) is 5.92 Å². The molecule has 5 heteroatoms. The molecule has 2 aromatic rings. The summed E-state index contributed by atoms with van der Waals surface area (Å²) in [5, 5.41) is 9.80. The Bertz CT molecular complexity index is 742. The second kappa shape index (κ2) is 8.99. The Hall–Kier alpha value is -2.14. The van der Waals surface area contributed by atoms with E-state index in [1.807, 2.05) is 35.2 Å². The molecule has 1 saturated heterocycles. The minimum Gasteiger partial charge on any atom is -0.507 e. The second-order valence-electron chi connectivity index (χ2n) is 6.60. The molecule has 26 heavy (non-hydrogen) atoms. The van der Waals surface area contributed by atoms with E-state index in [4.69, 9.17) is 4.74 Å². The van der Waals surface area contributed by atoms with Crippen molar-refractivity contribution >= 4 is 17.7 Å². The van der Waals surface area contributed by atoms with Crippen molar-refractivity contribution in [2.75, 3.05) is 26.0 Å². The molecule has 1 aliphatic heterocycles. The van der Waals surface area contributed by atoms with Gasteiger partial charge in [0.2, 0.25) is 5.91 Å². The Morgan fingerprint density at radius 3 is 2.58 bits per heavy atom. The molecule has 0 aromatic heterocycles. The molecule has 0 spiro atoms. The summed E-state index contributed by atoms with van der Waals surface area (Å²) in [4.78, 5) is 15.2. The summed E-state index contributed by atoms with van der Waals surface area (Å²) in [7, 11) is 1.71. The summed E-state index contributed by atoms with van der Waals surface area (Å²) in [5.74, 6) is 2.29. The summed E-state index contributed by atoms with van der Waals surface area (Å²) in [5.41, 5.74) is 1.25. The van der Waals surface area contributed by atoms with Crippen molar-refractivity contribution in [3.8, 4) is 11.5 Å². The van der Waals surface area contributed by atoms with Crippen molar-refractivity contribution in [2.45, 2.75) is 24.2 Å². The number of amides is 1. The largest absolute Gasteiger partial charge is 0.507 e. The van der Waals surface area contributed by atoms with Gasteiger partial charge < -0.3 is 14.7 Å². The van der Waals surface area contributed by atoms with Crippen molar-refractivity contribution in [3.63, 3.8) is 0 Å². The van der Waals surface area contributed by atoms with E-state index >= 15 is 0 Å². The first-order valence-corrected chi connectivity index (χ1v) is 9.96. The van der Waals surface area contributed by atoms with Gasteiger partial charge in [-0.05, 0) is 48.9 Å². The number of methoxy groups -OCH3 is 1.